The summed E-state index contributed by atoms with van der Waals surface area (Å²) < 4.78 is 28.1. The van der Waals surface area contributed by atoms with E-state index in [2.05, 4.69) is 4.72 Å². The van der Waals surface area contributed by atoms with Crippen molar-refractivity contribution in [2.45, 2.75) is 63.0 Å². The number of benzene rings is 1. The highest BCUT2D eigenvalue weighted by Gasteiger charge is 2.32. The van der Waals surface area contributed by atoms with E-state index in [-0.39, 0.29) is 17.0 Å². The van der Waals surface area contributed by atoms with Gasteiger partial charge in [-0.3, -0.25) is 0 Å². The number of hydrogen-bond acceptors (Lipinski definition) is 3. The molecule has 0 amide bonds. The molecule has 1 aromatic rings. The second kappa shape index (κ2) is 5.84. The van der Waals surface area contributed by atoms with E-state index in [1.54, 1.807) is 25.1 Å². The Morgan fingerprint density at radius 1 is 1.25 bits per heavy atom. The van der Waals surface area contributed by atoms with Crippen LogP contribution in [0, 0.1) is 6.92 Å². The smallest absolute Gasteiger partial charge is 0.241 e. The van der Waals surface area contributed by atoms with E-state index >= 15 is 0 Å². The minimum atomic E-state index is -3.54. The molecule has 0 bridgehead atoms. The van der Waals surface area contributed by atoms with E-state index in [0.717, 1.165) is 25.7 Å². The molecular weight excluding hydrogens is 274 g/mol. The molecule has 5 heteroatoms. The first-order valence-corrected chi connectivity index (χ1v) is 8.59. The van der Waals surface area contributed by atoms with Gasteiger partial charge < -0.3 is 5.11 Å². The van der Waals surface area contributed by atoms with Gasteiger partial charge in [-0.1, -0.05) is 31.4 Å². The Bertz CT molecular complexity index is 575. The zero-order chi connectivity index (χ0) is 14.8. The molecule has 0 saturated heterocycles. The average molecular weight is 297 g/mol. The van der Waals surface area contributed by atoms with Gasteiger partial charge in [-0.15, -0.1) is 0 Å². The summed E-state index contributed by atoms with van der Waals surface area (Å²) in [5, 5.41) is 9.18. The van der Waals surface area contributed by atoms with Gasteiger partial charge in [0, 0.05) is 5.54 Å². The summed E-state index contributed by atoms with van der Waals surface area (Å²) in [6.07, 6.45) is 5.07. The Kier molecular flexibility index (Phi) is 4.52. The summed E-state index contributed by atoms with van der Waals surface area (Å²) in [7, 11) is -3.54. The fourth-order valence-electron chi connectivity index (χ4n) is 2.85. The summed E-state index contributed by atoms with van der Waals surface area (Å²) in [4.78, 5) is 0.274. The first-order valence-electron chi connectivity index (χ1n) is 7.11. The van der Waals surface area contributed by atoms with E-state index in [4.69, 9.17) is 0 Å². The highest BCUT2D eigenvalue weighted by molar-refractivity contribution is 7.89. The minimum absolute atomic E-state index is 0.153. The van der Waals surface area contributed by atoms with Crippen LogP contribution in [0.25, 0.3) is 0 Å². The predicted octanol–water partition coefficient (Wildman–Crippen LogP) is 2.49. The van der Waals surface area contributed by atoms with Crippen LogP contribution in [0.15, 0.2) is 23.1 Å². The van der Waals surface area contributed by atoms with E-state index in [1.807, 2.05) is 6.92 Å². The first-order chi connectivity index (χ1) is 9.36. The van der Waals surface area contributed by atoms with Crippen molar-refractivity contribution in [2.75, 3.05) is 0 Å². The van der Waals surface area contributed by atoms with Crippen LogP contribution in [-0.2, 0) is 16.6 Å². The van der Waals surface area contributed by atoms with Crippen LogP contribution in [0.5, 0.6) is 0 Å². The lowest BCUT2D eigenvalue weighted by Gasteiger charge is -2.34. The van der Waals surface area contributed by atoms with Crippen molar-refractivity contribution in [3.05, 3.63) is 29.3 Å². The third-order valence-corrected chi connectivity index (χ3v) is 5.84. The van der Waals surface area contributed by atoms with Crippen LogP contribution in [0.2, 0.25) is 0 Å². The summed E-state index contributed by atoms with van der Waals surface area (Å²) in [5.41, 5.74) is 0.970. The quantitative estimate of drug-likeness (QED) is 0.897. The number of aliphatic hydroxyl groups is 1. The fraction of sp³-hybridized carbons (Fsp3) is 0.600. The molecule has 1 aliphatic rings. The summed E-state index contributed by atoms with van der Waals surface area (Å²) in [6, 6.07) is 5.05. The molecule has 2 N–H and O–H groups in total. The molecule has 0 aliphatic heterocycles. The molecule has 0 unspecified atom stereocenters. The van der Waals surface area contributed by atoms with Crippen LogP contribution in [0.1, 0.15) is 50.2 Å². The second-order valence-corrected chi connectivity index (χ2v) is 7.64. The fourth-order valence-corrected chi connectivity index (χ4v) is 4.61. The minimum Gasteiger partial charge on any atom is -0.392 e. The van der Waals surface area contributed by atoms with E-state index in [1.165, 1.54) is 6.42 Å². The monoisotopic (exact) mass is 297 g/mol. The standard InChI is InChI=1S/C15H23NO3S/c1-12-6-7-13(11-17)10-14(12)20(18,19)16-15(2)8-4-3-5-9-15/h6-7,10,16-17H,3-5,8-9,11H2,1-2H3. The zero-order valence-corrected chi connectivity index (χ0v) is 13.0. The Hall–Kier alpha value is -0.910. The number of nitrogens with one attached hydrogen (secondary N) is 1. The maximum Gasteiger partial charge on any atom is 0.241 e. The van der Waals surface area contributed by atoms with Gasteiger partial charge in [0.25, 0.3) is 0 Å². The van der Waals surface area contributed by atoms with Crippen molar-refractivity contribution >= 4 is 10.0 Å². The summed E-state index contributed by atoms with van der Waals surface area (Å²) >= 11 is 0. The molecule has 20 heavy (non-hydrogen) atoms. The van der Waals surface area contributed by atoms with Crippen LogP contribution in [0.3, 0.4) is 0 Å². The normalized spacial score (nSPS) is 18.9. The van der Waals surface area contributed by atoms with Gasteiger partial charge in [-0.05, 0) is 43.9 Å². The van der Waals surface area contributed by atoms with Crippen LogP contribution in [-0.4, -0.2) is 19.1 Å². The molecule has 2 rings (SSSR count). The van der Waals surface area contributed by atoms with Crippen molar-refractivity contribution in [2.24, 2.45) is 0 Å². The number of rotatable bonds is 4. The number of aryl methyl sites for hydroxylation is 1. The number of aliphatic hydroxyl groups excluding tert-OH is 1. The SMILES string of the molecule is Cc1ccc(CO)cc1S(=O)(=O)NC1(C)CCCCC1. The Labute approximate surface area is 121 Å². The Morgan fingerprint density at radius 3 is 2.50 bits per heavy atom. The van der Waals surface area contributed by atoms with E-state index in [0.29, 0.717) is 11.1 Å². The molecule has 0 radical (unpaired) electrons. The molecule has 1 saturated carbocycles. The van der Waals surface area contributed by atoms with Gasteiger partial charge in [-0.25, -0.2) is 13.1 Å². The lowest BCUT2D eigenvalue weighted by atomic mass is 9.84. The van der Waals surface area contributed by atoms with E-state index in [9.17, 15) is 13.5 Å². The molecule has 1 fully saturated rings. The van der Waals surface area contributed by atoms with E-state index < -0.39 is 10.0 Å². The zero-order valence-electron chi connectivity index (χ0n) is 12.1. The highest BCUT2D eigenvalue weighted by atomic mass is 32.2. The second-order valence-electron chi connectivity index (χ2n) is 5.98. The average Bonchev–Trinajstić information content (AvgIpc) is 2.38. The molecule has 0 atom stereocenters. The predicted molar refractivity (Wildman–Crippen MR) is 78.9 cm³/mol. The molecule has 1 aromatic carbocycles. The third kappa shape index (κ3) is 3.40. The molecule has 0 aromatic heterocycles. The maximum atomic E-state index is 12.6. The van der Waals surface area contributed by atoms with Crippen LogP contribution < -0.4 is 4.72 Å². The van der Waals surface area contributed by atoms with Crippen molar-refractivity contribution < 1.29 is 13.5 Å². The first kappa shape index (κ1) is 15.5. The summed E-state index contributed by atoms with van der Waals surface area (Å²) in [6.45, 7) is 3.61. The Morgan fingerprint density at radius 2 is 1.90 bits per heavy atom. The van der Waals surface area contributed by atoms with Crippen molar-refractivity contribution in [3.63, 3.8) is 0 Å². The lowest BCUT2D eigenvalue weighted by Crippen LogP contribution is -2.47. The molecular formula is C15H23NO3S. The van der Waals surface area contributed by atoms with Crippen molar-refractivity contribution in [1.29, 1.82) is 0 Å². The van der Waals surface area contributed by atoms with Crippen molar-refractivity contribution in [3.8, 4) is 0 Å². The van der Waals surface area contributed by atoms with Gasteiger partial charge in [-0.2, -0.15) is 0 Å². The van der Waals surface area contributed by atoms with Crippen LogP contribution in [0.4, 0.5) is 0 Å². The van der Waals surface area contributed by atoms with Gasteiger partial charge in [0.05, 0.1) is 11.5 Å². The number of hydrogen-bond donors (Lipinski definition) is 2. The Balaban J connectivity index is 2.30. The summed E-state index contributed by atoms with van der Waals surface area (Å²) in [5.74, 6) is 0. The molecule has 1 aliphatic carbocycles. The van der Waals surface area contributed by atoms with Crippen molar-refractivity contribution in [1.82, 2.24) is 4.72 Å². The lowest BCUT2D eigenvalue weighted by molar-refractivity contribution is 0.281. The van der Waals surface area contributed by atoms with Gasteiger partial charge in [0.2, 0.25) is 10.0 Å². The third-order valence-electron chi connectivity index (χ3n) is 4.06. The molecule has 112 valence electrons. The maximum absolute atomic E-state index is 12.6. The van der Waals surface area contributed by atoms with Gasteiger partial charge >= 0.3 is 0 Å². The highest BCUT2D eigenvalue weighted by Crippen LogP contribution is 2.30. The van der Waals surface area contributed by atoms with Gasteiger partial charge in [0.15, 0.2) is 0 Å². The molecule has 0 spiro atoms. The van der Waals surface area contributed by atoms with Crippen LogP contribution >= 0.6 is 0 Å². The number of sulfonamides is 1. The molecule has 4 nitrogen and oxygen atoms in total. The largest absolute Gasteiger partial charge is 0.392 e. The van der Waals surface area contributed by atoms with Gasteiger partial charge in [0.1, 0.15) is 0 Å². The molecule has 0 heterocycles. The topological polar surface area (TPSA) is 66.4 Å².